The molecule has 2 aromatic rings. The highest BCUT2D eigenvalue weighted by Gasteiger charge is 2.17. The zero-order chi connectivity index (χ0) is 20.0. The van der Waals surface area contributed by atoms with Crippen molar-refractivity contribution in [2.75, 3.05) is 40.3 Å². The van der Waals surface area contributed by atoms with Crippen LogP contribution in [0.4, 0.5) is 5.69 Å². The van der Waals surface area contributed by atoms with Crippen molar-refractivity contribution in [3.63, 3.8) is 0 Å². The van der Waals surface area contributed by atoms with Gasteiger partial charge in [0.25, 0.3) is 11.8 Å². The predicted octanol–water partition coefficient (Wildman–Crippen LogP) is 1.85. The van der Waals surface area contributed by atoms with Crippen LogP contribution in [0.2, 0.25) is 0 Å². The van der Waals surface area contributed by atoms with Gasteiger partial charge >= 0.3 is 0 Å². The third-order valence-corrected chi connectivity index (χ3v) is 3.86. The molecule has 0 aromatic heterocycles. The first-order chi connectivity index (χ1) is 12.9. The molecule has 27 heavy (non-hydrogen) atoms. The fraction of sp³-hybridized carbons (Fsp3) is 0.263. The lowest BCUT2D eigenvalue weighted by Gasteiger charge is -2.14. The van der Waals surface area contributed by atoms with Gasteiger partial charge in [0.1, 0.15) is 0 Å². The van der Waals surface area contributed by atoms with Crippen molar-refractivity contribution in [2.24, 2.45) is 0 Å². The molecule has 144 valence electrons. The molecule has 0 unspecified atom stereocenters. The van der Waals surface area contributed by atoms with Crippen LogP contribution in [-0.4, -0.2) is 47.2 Å². The summed E-state index contributed by atoms with van der Waals surface area (Å²) in [7, 11) is 8.21. The Bertz CT molecular complexity index is 794. The molecule has 0 atom stereocenters. The Morgan fingerprint density at radius 3 is 1.67 bits per heavy atom. The van der Waals surface area contributed by atoms with Gasteiger partial charge in [-0.05, 0) is 36.4 Å². The largest absolute Gasteiger partial charge is 0.493 e. The Morgan fingerprint density at radius 1 is 0.778 bits per heavy atom. The first-order valence-corrected chi connectivity index (χ1v) is 8.09. The number of nitrogens with one attached hydrogen (secondary N) is 2. The number of rotatable bonds is 6. The Labute approximate surface area is 158 Å². The lowest BCUT2D eigenvalue weighted by molar-refractivity contribution is 0.0846. The monoisotopic (exact) mass is 373 g/mol. The number of hydrazine groups is 1. The van der Waals surface area contributed by atoms with Crippen LogP contribution in [-0.2, 0) is 0 Å². The van der Waals surface area contributed by atoms with Crippen LogP contribution in [0, 0.1) is 0 Å². The normalized spacial score (nSPS) is 9.96. The molecule has 0 saturated heterocycles. The minimum Gasteiger partial charge on any atom is -0.493 e. The van der Waals surface area contributed by atoms with E-state index in [0.29, 0.717) is 22.8 Å². The average molecular weight is 373 g/mol. The Kier molecular flexibility index (Phi) is 6.48. The molecule has 2 N–H and O–H groups in total. The zero-order valence-corrected chi connectivity index (χ0v) is 16.0. The van der Waals surface area contributed by atoms with Gasteiger partial charge in [-0.3, -0.25) is 20.4 Å². The molecule has 0 aliphatic carbocycles. The van der Waals surface area contributed by atoms with E-state index in [1.165, 1.54) is 33.5 Å². The number of carbonyl (C=O) groups is 2. The summed E-state index contributed by atoms with van der Waals surface area (Å²) in [6.07, 6.45) is 0. The number of benzene rings is 2. The van der Waals surface area contributed by atoms with Gasteiger partial charge in [-0.1, -0.05) is 0 Å². The van der Waals surface area contributed by atoms with Gasteiger partial charge in [0.15, 0.2) is 11.5 Å². The molecule has 0 aliphatic rings. The number of hydrogen-bond acceptors (Lipinski definition) is 6. The number of methoxy groups -OCH3 is 3. The summed E-state index contributed by atoms with van der Waals surface area (Å²) in [4.78, 5) is 26.5. The summed E-state index contributed by atoms with van der Waals surface area (Å²) >= 11 is 0. The Balaban J connectivity index is 2.09. The molecular weight excluding hydrogens is 350 g/mol. The Morgan fingerprint density at radius 2 is 1.26 bits per heavy atom. The molecule has 0 saturated carbocycles. The molecule has 8 nitrogen and oxygen atoms in total. The fourth-order valence-corrected chi connectivity index (χ4v) is 2.38. The molecule has 0 aliphatic heterocycles. The van der Waals surface area contributed by atoms with Crippen LogP contribution in [0.15, 0.2) is 36.4 Å². The van der Waals surface area contributed by atoms with Gasteiger partial charge < -0.3 is 19.1 Å². The average Bonchev–Trinajstić information content (AvgIpc) is 2.70. The molecular formula is C19H23N3O5. The smallest absolute Gasteiger partial charge is 0.269 e. The van der Waals surface area contributed by atoms with E-state index in [2.05, 4.69) is 10.9 Å². The number of carbonyl (C=O) groups excluding carboxylic acids is 2. The van der Waals surface area contributed by atoms with E-state index in [1.54, 1.807) is 12.1 Å². The summed E-state index contributed by atoms with van der Waals surface area (Å²) in [6.45, 7) is 0. The van der Waals surface area contributed by atoms with E-state index in [-0.39, 0.29) is 5.56 Å². The summed E-state index contributed by atoms with van der Waals surface area (Å²) in [5.41, 5.74) is 6.39. The topological polar surface area (TPSA) is 89.1 Å². The van der Waals surface area contributed by atoms with Gasteiger partial charge in [-0.15, -0.1) is 0 Å². The second kappa shape index (κ2) is 8.79. The Hall–Kier alpha value is -3.42. The number of ether oxygens (including phenoxy) is 3. The minimum absolute atomic E-state index is 0.243. The van der Waals surface area contributed by atoms with Gasteiger partial charge in [0.2, 0.25) is 5.75 Å². The highest BCUT2D eigenvalue weighted by molar-refractivity contribution is 5.99. The highest BCUT2D eigenvalue weighted by atomic mass is 16.5. The number of anilines is 1. The van der Waals surface area contributed by atoms with Crippen molar-refractivity contribution in [3.05, 3.63) is 47.5 Å². The van der Waals surface area contributed by atoms with Crippen LogP contribution in [0.1, 0.15) is 20.7 Å². The maximum atomic E-state index is 12.4. The molecule has 0 spiro atoms. The quantitative estimate of drug-likeness (QED) is 0.752. The summed E-state index contributed by atoms with van der Waals surface area (Å²) in [5, 5.41) is 0. The maximum absolute atomic E-state index is 12.4. The van der Waals surface area contributed by atoms with E-state index in [0.717, 1.165) is 5.69 Å². The van der Waals surface area contributed by atoms with Crippen LogP contribution in [0.5, 0.6) is 17.2 Å². The summed E-state index contributed by atoms with van der Waals surface area (Å²) in [5.74, 6) is 0.107. The standard InChI is InChI=1S/C19H23N3O5/c1-22(2)14-8-6-12(7-9-14)18(23)20-21-19(24)13-10-15(25-3)17(27-5)16(11-13)26-4/h6-11H,1-5H3,(H,20,23)(H,21,24). The van der Waals surface area contributed by atoms with Crippen LogP contribution >= 0.6 is 0 Å². The summed E-state index contributed by atoms with van der Waals surface area (Å²) < 4.78 is 15.7. The van der Waals surface area contributed by atoms with E-state index in [4.69, 9.17) is 14.2 Å². The van der Waals surface area contributed by atoms with E-state index in [9.17, 15) is 9.59 Å². The third kappa shape index (κ3) is 4.60. The maximum Gasteiger partial charge on any atom is 0.269 e. The lowest BCUT2D eigenvalue weighted by atomic mass is 10.1. The van der Waals surface area contributed by atoms with Crippen molar-refractivity contribution in [1.29, 1.82) is 0 Å². The third-order valence-electron chi connectivity index (χ3n) is 3.86. The molecule has 2 amide bonds. The second-order valence-corrected chi connectivity index (χ2v) is 5.76. The van der Waals surface area contributed by atoms with Crippen molar-refractivity contribution in [2.45, 2.75) is 0 Å². The van der Waals surface area contributed by atoms with Crippen molar-refractivity contribution in [1.82, 2.24) is 10.9 Å². The first-order valence-electron chi connectivity index (χ1n) is 8.09. The van der Waals surface area contributed by atoms with E-state index >= 15 is 0 Å². The van der Waals surface area contributed by atoms with Gasteiger partial charge in [0.05, 0.1) is 21.3 Å². The van der Waals surface area contributed by atoms with Crippen LogP contribution < -0.4 is 30.0 Å². The number of nitrogens with zero attached hydrogens (tertiary/aromatic N) is 1. The minimum atomic E-state index is -0.521. The number of hydrogen-bond donors (Lipinski definition) is 2. The molecule has 8 heteroatoms. The second-order valence-electron chi connectivity index (χ2n) is 5.76. The van der Waals surface area contributed by atoms with Crippen molar-refractivity contribution < 1.29 is 23.8 Å². The van der Waals surface area contributed by atoms with Crippen molar-refractivity contribution >= 4 is 17.5 Å². The molecule has 0 fully saturated rings. The van der Waals surface area contributed by atoms with Gasteiger partial charge in [-0.2, -0.15) is 0 Å². The summed E-state index contributed by atoms with van der Waals surface area (Å²) in [6, 6.07) is 9.97. The predicted molar refractivity (Wildman–Crippen MR) is 102 cm³/mol. The molecule has 0 bridgehead atoms. The first kappa shape index (κ1) is 19.9. The lowest BCUT2D eigenvalue weighted by Crippen LogP contribution is -2.41. The van der Waals surface area contributed by atoms with Crippen LogP contribution in [0.25, 0.3) is 0 Å². The zero-order valence-electron chi connectivity index (χ0n) is 16.0. The fourth-order valence-electron chi connectivity index (χ4n) is 2.38. The molecule has 2 rings (SSSR count). The molecule has 0 radical (unpaired) electrons. The van der Waals surface area contributed by atoms with Gasteiger partial charge in [-0.25, -0.2) is 0 Å². The van der Waals surface area contributed by atoms with Crippen LogP contribution in [0.3, 0.4) is 0 Å². The van der Waals surface area contributed by atoms with Gasteiger partial charge in [0, 0.05) is 30.9 Å². The molecule has 2 aromatic carbocycles. The number of amides is 2. The molecule has 0 heterocycles. The highest BCUT2D eigenvalue weighted by Crippen LogP contribution is 2.38. The van der Waals surface area contributed by atoms with Crippen molar-refractivity contribution in [3.8, 4) is 17.2 Å². The SMILES string of the molecule is COc1cc(C(=O)NNC(=O)c2ccc(N(C)C)cc2)cc(OC)c1OC. The van der Waals surface area contributed by atoms with E-state index < -0.39 is 11.8 Å². The van der Waals surface area contributed by atoms with E-state index in [1.807, 2.05) is 31.1 Å².